The van der Waals surface area contributed by atoms with Crippen molar-refractivity contribution in [2.45, 2.75) is 20.0 Å². The lowest BCUT2D eigenvalue weighted by Crippen LogP contribution is -2.54. The van der Waals surface area contributed by atoms with E-state index in [1.807, 2.05) is 0 Å². The Balaban J connectivity index is 1.71. The number of halogens is 4. The lowest BCUT2D eigenvalue weighted by atomic mass is 10.1. The first-order valence-corrected chi connectivity index (χ1v) is 12.2. The number of anilines is 1. The zero-order valence-electron chi connectivity index (χ0n) is 21.2. The number of hydrogen-bond acceptors (Lipinski definition) is 7. The van der Waals surface area contributed by atoms with Crippen LogP contribution < -0.4 is 19.7 Å². The third-order valence-electron chi connectivity index (χ3n) is 5.80. The molecule has 4 amide bonds. The zero-order chi connectivity index (χ0) is 30.1. The number of ether oxygens (including phenoxy) is 2. The number of nitro groups is 1. The minimum absolute atomic E-state index is 0.0123. The molecular weight excluding hydrogens is 571 g/mol. The fourth-order valence-electron chi connectivity index (χ4n) is 3.87. The van der Waals surface area contributed by atoms with E-state index in [0.717, 1.165) is 11.0 Å². The molecule has 0 saturated carbocycles. The molecular formula is C27H19ClF3N3O7. The highest BCUT2D eigenvalue weighted by Gasteiger charge is 2.38. The van der Waals surface area contributed by atoms with Gasteiger partial charge >= 0.3 is 17.9 Å². The summed E-state index contributed by atoms with van der Waals surface area (Å²) in [6.45, 7) is 3.38. The number of hydrogen-bond donors (Lipinski definition) is 1. The number of nitro benzene ring substituents is 1. The highest BCUT2D eigenvalue weighted by molar-refractivity contribution is 6.39. The van der Waals surface area contributed by atoms with E-state index in [1.54, 1.807) is 26.0 Å². The Morgan fingerprint density at radius 2 is 1.73 bits per heavy atom. The van der Waals surface area contributed by atoms with Gasteiger partial charge in [0.15, 0.2) is 11.5 Å². The van der Waals surface area contributed by atoms with Gasteiger partial charge in [0.1, 0.15) is 5.57 Å². The SMILES string of the molecule is CCOc1cc(/C=C2\C(=O)NC(=O)N(c3cc(Cl)ccc3C)C2=O)ccc1Oc1ccc(C(F)(F)F)cc1[N+](=O)[O-]. The predicted octanol–water partition coefficient (Wildman–Crippen LogP) is 6.43. The van der Waals surface area contributed by atoms with Crippen molar-refractivity contribution in [3.05, 3.63) is 92.0 Å². The molecule has 1 saturated heterocycles. The first-order valence-electron chi connectivity index (χ1n) is 11.8. The number of barbiturate groups is 1. The van der Waals surface area contributed by atoms with Crippen molar-refractivity contribution in [2.75, 3.05) is 11.5 Å². The molecule has 0 spiro atoms. The summed E-state index contributed by atoms with van der Waals surface area (Å²) in [4.78, 5) is 49.6. The van der Waals surface area contributed by atoms with Crippen molar-refractivity contribution in [1.82, 2.24) is 5.32 Å². The molecule has 0 unspecified atom stereocenters. The molecule has 0 bridgehead atoms. The molecule has 3 aromatic carbocycles. The molecule has 1 fully saturated rings. The van der Waals surface area contributed by atoms with Gasteiger partial charge in [0.25, 0.3) is 11.8 Å². The molecule has 14 heteroatoms. The Morgan fingerprint density at radius 1 is 1.02 bits per heavy atom. The number of imide groups is 2. The fourth-order valence-corrected chi connectivity index (χ4v) is 4.04. The number of benzene rings is 3. The van der Waals surface area contributed by atoms with Crippen molar-refractivity contribution in [1.29, 1.82) is 0 Å². The Labute approximate surface area is 235 Å². The maximum Gasteiger partial charge on any atom is 0.416 e. The Kier molecular flexibility index (Phi) is 8.01. The summed E-state index contributed by atoms with van der Waals surface area (Å²) in [6.07, 6.45) is -3.60. The number of amides is 4. The van der Waals surface area contributed by atoms with Crippen LogP contribution in [0.5, 0.6) is 17.2 Å². The van der Waals surface area contributed by atoms with Crippen LogP contribution in [0.25, 0.3) is 6.08 Å². The first kappa shape index (κ1) is 29.1. The largest absolute Gasteiger partial charge is 0.490 e. The van der Waals surface area contributed by atoms with Gasteiger partial charge in [-0.3, -0.25) is 25.0 Å². The molecule has 0 atom stereocenters. The summed E-state index contributed by atoms with van der Waals surface area (Å²) in [7, 11) is 0. The second-order valence-electron chi connectivity index (χ2n) is 8.57. The highest BCUT2D eigenvalue weighted by atomic mass is 35.5. The number of alkyl halides is 3. The lowest BCUT2D eigenvalue weighted by molar-refractivity contribution is -0.385. The number of nitrogens with one attached hydrogen (secondary N) is 1. The molecule has 212 valence electrons. The van der Waals surface area contributed by atoms with Crippen molar-refractivity contribution < 1.29 is 42.0 Å². The number of nitrogens with zero attached hydrogens (tertiary/aromatic N) is 2. The molecule has 1 N–H and O–H groups in total. The van der Waals surface area contributed by atoms with Gasteiger partial charge in [0.2, 0.25) is 5.75 Å². The lowest BCUT2D eigenvalue weighted by Gasteiger charge is -2.27. The van der Waals surface area contributed by atoms with E-state index < -0.39 is 51.5 Å². The Morgan fingerprint density at radius 3 is 2.39 bits per heavy atom. The van der Waals surface area contributed by atoms with Crippen molar-refractivity contribution in [3.8, 4) is 17.2 Å². The van der Waals surface area contributed by atoms with Gasteiger partial charge in [-0.1, -0.05) is 23.7 Å². The van der Waals surface area contributed by atoms with Gasteiger partial charge in [-0.05, 0) is 67.4 Å². The smallest absolute Gasteiger partial charge is 0.416 e. The Hall–Kier alpha value is -4.91. The zero-order valence-corrected chi connectivity index (χ0v) is 22.0. The maximum atomic E-state index is 13.3. The van der Waals surface area contributed by atoms with E-state index in [9.17, 15) is 37.7 Å². The van der Waals surface area contributed by atoms with E-state index in [1.165, 1.54) is 30.3 Å². The number of carbonyl (C=O) groups excluding carboxylic acids is 3. The van der Waals surface area contributed by atoms with Crippen molar-refractivity contribution in [3.63, 3.8) is 0 Å². The van der Waals surface area contributed by atoms with Crippen LogP contribution in [0.1, 0.15) is 23.6 Å². The minimum atomic E-state index is -4.80. The van der Waals surface area contributed by atoms with Crippen LogP contribution in [0.15, 0.2) is 60.2 Å². The molecule has 1 aliphatic rings. The van der Waals surface area contributed by atoms with Crippen molar-refractivity contribution >= 4 is 46.9 Å². The number of carbonyl (C=O) groups is 3. The molecule has 0 aromatic heterocycles. The van der Waals surface area contributed by atoms with Crippen LogP contribution in [0.4, 0.5) is 29.3 Å². The summed E-state index contributed by atoms with van der Waals surface area (Å²) in [5.41, 5.74) is -1.56. The van der Waals surface area contributed by atoms with Gasteiger partial charge in [-0.15, -0.1) is 0 Å². The molecule has 1 heterocycles. The second kappa shape index (κ2) is 11.3. The molecule has 4 rings (SSSR count). The van der Waals surface area contributed by atoms with Crippen LogP contribution in [0.2, 0.25) is 5.02 Å². The van der Waals surface area contributed by atoms with Crippen molar-refractivity contribution in [2.24, 2.45) is 0 Å². The van der Waals surface area contributed by atoms with E-state index in [2.05, 4.69) is 5.32 Å². The molecule has 10 nitrogen and oxygen atoms in total. The van der Waals surface area contributed by atoms with Crippen LogP contribution in [0, 0.1) is 17.0 Å². The van der Waals surface area contributed by atoms with E-state index in [-0.39, 0.29) is 34.4 Å². The third-order valence-corrected chi connectivity index (χ3v) is 6.03. The molecule has 0 aliphatic carbocycles. The monoisotopic (exact) mass is 589 g/mol. The van der Waals surface area contributed by atoms with Gasteiger partial charge in [-0.2, -0.15) is 13.2 Å². The Bertz CT molecular complexity index is 1620. The average molecular weight is 590 g/mol. The van der Waals surface area contributed by atoms with Crippen LogP contribution in [-0.4, -0.2) is 29.4 Å². The van der Waals surface area contributed by atoms with Crippen LogP contribution >= 0.6 is 11.6 Å². The van der Waals surface area contributed by atoms with Gasteiger partial charge in [0, 0.05) is 11.1 Å². The van der Waals surface area contributed by atoms with Gasteiger partial charge in [0.05, 0.1) is 22.8 Å². The quantitative estimate of drug-likeness (QED) is 0.145. The second-order valence-corrected chi connectivity index (χ2v) is 9.00. The molecule has 0 radical (unpaired) electrons. The van der Waals surface area contributed by atoms with E-state index in [0.29, 0.717) is 17.7 Å². The molecule has 41 heavy (non-hydrogen) atoms. The minimum Gasteiger partial charge on any atom is -0.490 e. The summed E-state index contributed by atoms with van der Waals surface area (Å²) >= 11 is 6.04. The van der Waals surface area contributed by atoms with Crippen LogP contribution in [0.3, 0.4) is 0 Å². The summed E-state index contributed by atoms with van der Waals surface area (Å²) in [5.74, 6) is -2.40. The van der Waals surface area contributed by atoms with E-state index >= 15 is 0 Å². The van der Waals surface area contributed by atoms with E-state index in [4.69, 9.17) is 21.1 Å². The molecule has 1 aliphatic heterocycles. The summed E-state index contributed by atoms with van der Waals surface area (Å²) in [6, 6.07) is 9.48. The maximum absolute atomic E-state index is 13.3. The number of urea groups is 1. The molecule has 3 aromatic rings. The highest BCUT2D eigenvalue weighted by Crippen LogP contribution is 2.40. The third kappa shape index (κ3) is 6.14. The fraction of sp³-hybridized carbons (Fsp3) is 0.148. The normalized spacial score (nSPS) is 14.7. The summed E-state index contributed by atoms with van der Waals surface area (Å²) < 4.78 is 50.3. The van der Waals surface area contributed by atoms with Gasteiger partial charge in [-0.25, -0.2) is 9.69 Å². The topological polar surface area (TPSA) is 128 Å². The predicted molar refractivity (Wildman–Crippen MR) is 141 cm³/mol. The van der Waals surface area contributed by atoms with Crippen LogP contribution in [-0.2, 0) is 15.8 Å². The summed E-state index contributed by atoms with van der Waals surface area (Å²) in [5, 5.41) is 13.8. The number of rotatable bonds is 7. The standard InChI is InChI=1S/C27H19ClF3N3O7/c1-3-40-23-11-15(5-8-22(23)41-21-9-6-16(27(29,30)31)12-20(21)34(38)39)10-18-24(35)32-26(37)33(25(18)36)19-13-17(28)7-4-14(19)2/h4-13H,3H2,1-2H3,(H,32,35,37)/b18-10+. The van der Waals surface area contributed by atoms with Gasteiger partial charge < -0.3 is 9.47 Å². The number of aryl methyl sites for hydroxylation is 1. The first-order chi connectivity index (χ1) is 19.3. The average Bonchev–Trinajstić information content (AvgIpc) is 2.89.